The zero-order valence-corrected chi connectivity index (χ0v) is 11.6. The Kier molecular flexibility index (Phi) is 4.76. The van der Waals surface area contributed by atoms with Crippen LogP contribution in [0.2, 0.25) is 0 Å². The highest BCUT2D eigenvalue weighted by Gasteiger charge is 2.38. The van der Waals surface area contributed by atoms with Crippen LogP contribution >= 0.6 is 0 Å². The molecule has 2 rings (SSSR count). The maximum Gasteiger partial charge on any atom is 0.118 e. The number of rotatable bonds is 5. The minimum absolute atomic E-state index is 0.0281. The van der Waals surface area contributed by atoms with Crippen molar-refractivity contribution in [2.75, 3.05) is 26.8 Å². The Morgan fingerprint density at radius 3 is 2.65 bits per heavy atom. The fourth-order valence-corrected chi connectivity index (χ4v) is 2.69. The highest BCUT2D eigenvalue weighted by Crippen LogP contribution is 2.33. The lowest BCUT2D eigenvalue weighted by Gasteiger charge is -2.23. The van der Waals surface area contributed by atoms with Crippen molar-refractivity contribution in [1.29, 1.82) is 0 Å². The van der Waals surface area contributed by atoms with Crippen LogP contribution in [0.1, 0.15) is 11.6 Å². The number of nitrogens with zero attached hydrogens (tertiary/aromatic N) is 2. The number of hydrogen-bond acceptors (Lipinski definition) is 5. The van der Waals surface area contributed by atoms with Crippen molar-refractivity contribution in [3.05, 3.63) is 42.5 Å². The van der Waals surface area contributed by atoms with Gasteiger partial charge in [-0.3, -0.25) is 4.90 Å². The van der Waals surface area contributed by atoms with E-state index in [1.165, 1.54) is 0 Å². The van der Waals surface area contributed by atoms with Crippen LogP contribution in [0.5, 0.6) is 5.75 Å². The minimum atomic E-state index is -0.146. The molecule has 0 saturated carbocycles. The average Bonchev–Trinajstić information content (AvgIpc) is 2.85. The molecule has 1 aliphatic heterocycles. The van der Waals surface area contributed by atoms with Gasteiger partial charge in [-0.25, -0.2) is 0 Å². The predicted molar refractivity (Wildman–Crippen MR) is 77.3 cm³/mol. The fourth-order valence-electron chi connectivity index (χ4n) is 2.69. The third-order valence-electron chi connectivity index (χ3n) is 3.65. The van der Waals surface area contributed by atoms with E-state index in [2.05, 4.69) is 16.6 Å². The Bertz CT molecular complexity index is 484. The average molecular weight is 276 g/mol. The molecule has 5 nitrogen and oxygen atoms in total. The maximum absolute atomic E-state index is 9.44. The van der Waals surface area contributed by atoms with E-state index < -0.39 is 0 Å². The second-order valence-electron chi connectivity index (χ2n) is 4.82. The van der Waals surface area contributed by atoms with Crippen molar-refractivity contribution in [3.8, 4) is 5.75 Å². The number of likely N-dealkylation sites (tertiary alicyclic amines) is 1. The monoisotopic (exact) mass is 276 g/mol. The van der Waals surface area contributed by atoms with Gasteiger partial charge in [-0.05, 0) is 17.7 Å². The molecule has 20 heavy (non-hydrogen) atoms. The molecule has 0 bridgehead atoms. The fraction of sp³-hybridized carbons (Fsp3) is 0.400. The van der Waals surface area contributed by atoms with Gasteiger partial charge in [-0.1, -0.05) is 23.4 Å². The molecule has 1 heterocycles. The topological polar surface area (TPSA) is 65.3 Å². The van der Waals surface area contributed by atoms with Gasteiger partial charge in [0.15, 0.2) is 0 Å². The van der Waals surface area contributed by atoms with E-state index >= 15 is 0 Å². The summed E-state index contributed by atoms with van der Waals surface area (Å²) in [6, 6.07) is 7.52. The van der Waals surface area contributed by atoms with E-state index in [1.807, 2.05) is 30.3 Å². The Hall–Kier alpha value is -1.85. The van der Waals surface area contributed by atoms with Crippen molar-refractivity contribution < 1.29 is 15.1 Å². The van der Waals surface area contributed by atoms with Crippen molar-refractivity contribution in [2.45, 2.75) is 6.04 Å². The van der Waals surface area contributed by atoms with Gasteiger partial charge in [0.25, 0.3) is 0 Å². The number of ether oxygens (including phenoxy) is 1. The van der Waals surface area contributed by atoms with Gasteiger partial charge in [0, 0.05) is 19.0 Å². The first-order chi connectivity index (χ1) is 9.74. The second-order valence-corrected chi connectivity index (χ2v) is 4.82. The molecule has 0 unspecified atom stereocenters. The number of aliphatic hydroxyl groups is 1. The number of methoxy groups -OCH3 is 1. The third kappa shape index (κ3) is 2.69. The molecule has 0 amide bonds. The van der Waals surface area contributed by atoms with Crippen molar-refractivity contribution in [1.82, 2.24) is 4.90 Å². The first kappa shape index (κ1) is 14.6. The lowest BCUT2D eigenvalue weighted by molar-refractivity contribution is 0.229. The van der Waals surface area contributed by atoms with Crippen LogP contribution < -0.4 is 4.74 Å². The molecule has 0 radical (unpaired) electrons. The molecule has 108 valence electrons. The van der Waals surface area contributed by atoms with Crippen LogP contribution in [0.15, 0.2) is 42.1 Å². The van der Waals surface area contributed by atoms with Gasteiger partial charge >= 0.3 is 0 Å². The summed E-state index contributed by atoms with van der Waals surface area (Å²) in [4.78, 5) is 2.13. The molecule has 1 aromatic carbocycles. The molecular weight excluding hydrogens is 256 g/mol. The van der Waals surface area contributed by atoms with Gasteiger partial charge in [0.2, 0.25) is 0 Å². The van der Waals surface area contributed by atoms with Gasteiger partial charge in [0.1, 0.15) is 5.75 Å². The molecule has 1 fully saturated rings. The molecule has 1 aliphatic rings. The second kappa shape index (κ2) is 6.54. The minimum Gasteiger partial charge on any atom is -0.497 e. The number of hydrogen-bond donors (Lipinski definition) is 2. The summed E-state index contributed by atoms with van der Waals surface area (Å²) < 4.78 is 5.15. The standard InChI is InChI=1S/C15H20N2O3/c1-3-8-17-9-12(10-18)14(16-19)15(17)11-4-6-13(20-2)7-5-11/h3-7,12,15,18-19H,1,8-10H2,2H3/b16-14-/t12-,15-/m0/s1. The third-order valence-corrected chi connectivity index (χ3v) is 3.65. The lowest BCUT2D eigenvalue weighted by Crippen LogP contribution is -2.25. The normalized spacial score (nSPS) is 25.0. The predicted octanol–water partition coefficient (Wildman–Crippen LogP) is 1.68. The number of aliphatic hydroxyl groups excluding tert-OH is 1. The first-order valence-electron chi connectivity index (χ1n) is 6.56. The summed E-state index contributed by atoms with van der Waals surface area (Å²) in [6.45, 7) is 5.05. The van der Waals surface area contributed by atoms with Crippen molar-refractivity contribution in [2.24, 2.45) is 11.1 Å². The van der Waals surface area contributed by atoms with Crippen molar-refractivity contribution >= 4 is 5.71 Å². The van der Waals surface area contributed by atoms with Crippen molar-refractivity contribution in [3.63, 3.8) is 0 Å². The zero-order valence-electron chi connectivity index (χ0n) is 11.6. The molecule has 1 aromatic rings. The quantitative estimate of drug-likeness (QED) is 0.488. The van der Waals surface area contributed by atoms with E-state index in [0.717, 1.165) is 11.3 Å². The van der Waals surface area contributed by atoms with Crippen LogP contribution in [0, 0.1) is 5.92 Å². The van der Waals surface area contributed by atoms with Crippen LogP contribution in [-0.4, -0.2) is 47.7 Å². The Labute approximate surface area is 118 Å². The summed E-state index contributed by atoms with van der Waals surface area (Å²) in [7, 11) is 1.62. The first-order valence-corrected chi connectivity index (χ1v) is 6.56. The maximum atomic E-state index is 9.44. The molecule has 0 spiro atoms. The van der Waals surface area contributed by atoms with Gasteiger partial charge in [-0.2, -0.15) is 0 Å². The largest absolute Gasteiger partial charge is 0.497 e. The van der Waals surface area contributed by atoms with E-state index in [9.17, 15) is 10.3 Å². The van der Waals surface area contributed by atoms with E-state index in [4.69, 9.17) is 4.74 Å². The van der Waals surface area contributed by atoms with E-state index in [-0.39, 0.29) is 18.6 Å². The Morgan fingerprint density at radius 1 is 1.45 bits per heavy atom. The summed E-state index contributed by atoms with van der Waals surface area (Å²) in [6.07, 6.45) is 1.81. The van der Waals surface area contributed by atoms with Crippen LogP contribution in [0.3, 0.4) is 0 Å². The summed E-state index contributed by atoms with van der Waals surface area (Å²) >= 11 is 0. The van der Waals surface area contributed by atoms with Gasteiger partial charge < -0.3 is 15.1 Å². The van der Waals surface area contributed by atoms with Crippen LogP contribution in [-0.2, 0) is 0 Å². The van der Waals surface area contributed by atoms with Crippen LogP contribution in [0.4, 0.5) is 0 Å². The molecule has 5 heteroatoms. The number of benzene rings is 1. The van der Waals surface area contributed by atoms with Gasteiger partial charge in [0.05, 0.1) is 25.5 Å². The highest BCUT2D eigenvalue weighted by atomic mass is 16.5. The summed E-state index contributed by atoms with van der Waals surface area (Å²) in [5, 5.41) is 22.1. The van der Waals surface area contributed by atoms with Gasteiger partial charge in [-0.15, -0.1) is 6.58 Å². The highest BCUT2D eigenvalue weighted by molar-refractivity contribution is 5.94. The zero-order chi connectivity index (χ0) is 14.5. The van der Waals surface area contributed by atoms with Crippen LogP contribution in [0.25, 0.3) is 0 Å². The molecule has 1 saturated heterocycles. The van der Waals surface area contributed by atoms with E-state index in [0.29, 0.717) is 18.8 Å². The molecule has 0 aromatic heterocycles. The molecule has 2 N–H and O–H groups in total. The molecular formula is C15H20N2O3. The Balaban J connectivity index is 2.34. The SMILES string of the molecule is C=CCN1C[C@@H](CO)/C(=N/O)[C@@H]1c1ccc(OC)cc1. The Morgan fingerprint density at radius 2 is 2.15 bits per heavy atom. The number of oxime groups is 1. The lowest BCUT2D eigenvalue weighted by atomic mass is 9.97. The molecule has 0 aliphatic carbocycles. The summed E-state index contributed by atoms with van der Waals surface area (Å²) in [5.41, 5.74) is 1.61. The summed E-state index contributed by atoms with van der Waals surface area (Å²) in [5.74, 6) is 0.635. The van der Waals surface area contributed by atoms with E-state index in [1.54, 1.807) is 7.11 Å². The smallest absolute Gasteiger partial charge is 0.118 e. The molecule has 2 atom stereocenters.